The standard InChI is InChI=1S/C17H23N3O2/c18-14-6-7-15(12-8-10-20(11-9-12)17(21)22)19-16(14)13-4-2-1-3-5-13/h4,6-7,12H,1-3,5,8-11,18H2,(H,21,22). The predicted octanol–water partition coefficient (Wildman–Crippen LogP) is 3.48. The highest BCUT2D eigenvalue weighted by molar-refractivity contribution is 5.72. The van der Waals surface area contributed by atoms with Crippen LogP contribution in [0.15, 0.2) is 18.2 Å². The van der Waals surface area contributed by atoms with Crippen LogP contribution in [0.25, 0.3) is 5.57 Å². The lowest BCUT2D eigenvalue weighted by molar-refractivity contribution is 0.131. The molecular weight excluding hydrogens is 278 g/mol. The zero-order valence-electron chi connectivity index (χ0n) is 12.8. The number of likely N-dealkylation sites (tertiary alicyclic amines) is 1. The van der Waals surface area contributed by atoms with Crippen LogP contribution in [0.3, 0.4) is 0 Å². The maximum Gasteiger partial charge on any atom is 0.407 e. The lowest BCUT2D eigenvalue weighted by atomic mass is 9.91. The summed E-state index contributed by atoms with van der Waals surface area (Å²) in [7, 11) is 0. The van der Waals surface area contributed by atoms with Crippen LogP contribution in [0.4, 0.5) is 10.5 Å². The van der Waals surface area contributed by atoms with Crippen molar-refractivity contribution in [1.82, 2.24) is 9.88 Å². The number of carbonyl (C=O) groups is 1. The number of hydrogen-bond donors (Lipinski definition) is 2. The average Bonchev–Trinajstić information content (AvgIpc) is 2.56. The highest BCUT2D eigenvalue weighted by Gasteiger charge is 2.25. The first-order chi connectivity index (χ1) is 10.6. The first-order valence-corrected chi connectivity index (χ1v) is 8.09. The van der Waals surface area contributed by atoms with Crippen molar-refractivity contribution in [2.45, 2.75) is 44.4 Å². The number of nitrogen functional groups attached to an aromatic ring is 1. The maximum atomic E-state index is 11.0. The fourth-order valence-corrected chi connectivity index (χ4v) is 3.39. The molecule has 1 amide bonds. The third kappa shape index (κ3) is 3.08. The molecule has 0 radical (unpaired) electrons. The van der Waals surface area contributed by atoms with Gasteiger partial charge >= 0.3 is 6.09 Å². The molecule has 2 heterocycles. The van der Waals surface area contributed by atoms with Gasteiger partial charge in [-0.25, -0.2) is 4.79 Å². The highest BCUT2D eigenvalue weighted by Crippen LogP contribution is 2.32. The molecule has 3 rings (SSSR count). The Kier molecular flexibility index (Phi) is 4.32. The summed E-state index contributed by atoms with van der Waals surface area (Å²) in [6.07, 6.45) is 7.72. The predicted molar refractivity (Wildman–Crippen MR) is 86.7 cm³/mol. The molecular formula is C17H23N3O2. The Morgan fingerprint density at radius 3 is 2.68 bits per heavy atom. The highest BCUT2D eigenvalue weighted by atomic mass is 16.4. The molecule has 2 aliphatic rings. The monoisotopic (exact) mass is 301 g/mol. The molecule has 1 aromatic heterocycles. The largest absolute Gasteiger partial charge is 0.465 e. The molecule has 1 aromatic rings. The molecule has 1 aliphatic heterocycles. The Bertz CT molecular complexity index is 590. The van der Waals surface area contributed by atoms with E-state index < -0.39 is 6.09 Å². The van der Waals surface area contributed by atoms with Crippen molar-refractivity contribution in [3.8, 4) is 0 Å². The number of anilines is 1. The molecule has 3 N–H and O–H groups in total. The summed E-state index contributed by atoms with van der Waals surface area (Å²) in [5, 5.41) is 9.03. The smallest absolute Gasteiger partial charge is 0.407 e. The van der Waals surface area contributed by atoms with Crippen LogP contribution in [0.1, 0.15) is 55.8 Å². The van der Waals surface area contributed by atoms with Gasteiger partial charge in [-0.05, 0) is 56.2 Å². The normalized spacial score (nSPS) is 19.8. The molecule has 1 saturated heterocycles. The van der Waals surface area contributed by atoms with Crippen LogP contribution >= 0.6 is 0 Å². The van der Waals surface area contributed by atoms with Gasteiger partial charge in [0, 0.05) is 24.7 Å². The van der Waals surface area contributed by atoms with E-state index in [-0.39, 0.29) is 0 Å². The number of aromatic nitrogens is 1. The van der Waals surface area contributed by atoms with Gasteiger partial charge in [0.15, 0.2) is 0 Å². The van der Waals surface area contributed by atoms with Gasteiger partial charge in [0.05, 0.1) is 11.4 Å². The lowest BCUT2D eigenvalue weighted by Crippen LogP contribution is -2.37. The number of hydrogen-bond acceptors (Lipinski definition) is 3. The Morgan fingerprint density at radius 2 is 2.05 bits per heavy atom. The van der Waals surface area contributed by atoms with Gasteiger partial charge in [0.2, 0.25) is 0 Å². The Labute approximate surface area is 130 Å². The fourth-order valence-electron chi connectivity index (χ4n) is 3.39. The summed E-state index contributed by atoms with van der Waals surface area (Å²) in [6, 6.07) is 3.96. The molecule has 0 atom stereocenters. The Morgan fingerprint density at radius 1 is 1.27 bits per heavy atom. The van der Waals surface area contributed by atoms with E-state index in [1.165, 1.54) is 23.3 Å². The van der Waals surface area contributed by atoms with Crippen molar-refractivity contribution in [2.75, 3.05) is 18.8 Å². The zero-order valence-corrected chi connectivity index (χ0v) is 12.8. The minimum Gasteiger partial charge on any atom is -0.465 e. The zero-order chi connectivity index (χ0) is 15.5. The number of carboxylic acid groups (broad SMARTS) is 1. The molecule has 0 unspecified atom stereocenters. The van der Waals surface area contributed by atoms with E-state index in [1.54, 1.807) is 0 Å². The van der Waals surface area contributed by atoms with Gasteiger partial charge in [-0.1, -0.05) is 6.08 Å². The van der Waals surface area contributed by atoms with Crippen LogP contribution in [0, 0.1) is 0 Å². The molecule has 0 bridgehead atoms. The molecule has 0 spiro atoms. The maximum absolute atomic E-state index is 11.0. The molecule has 1 fully saturated rings. The Hall–Kier alpha value is -2.04. The second-order valence-corrected chi connectivity index (χ2v) is 6.19. The van der Waals surface area contributed by atoms with E-state index in [0.29, 0.717) is 19.0 Å². The van der Waals surface area contributed by atoms with Crippen LogP contribution in [-0.2, 0) is 0 Å². The SMILES string of the molecule is Nc1ccc(C2CCN(C(=O)O)CC2)nc1C1=CCCCC1. The van der Waals surface area contributed by atoms with E-state index in [1.807, 2.05) is 12.1 Å². The van der Waals surface area contributed by atoms with Gasteiger partial charge in [0.1, 0.15) is 0 Å². The minimum absolute atomic E-state index is 0.333. The summed E-state index contributed by atoms with van der Waals surface area (Å²) in [5.41, 5.74) is 10.1. The number of piperidine rings is 1. The summed E-state index contributed by atoms with van der Waals surface area (Å²) >= 11 is 0. The molecule has 0 saturated carbocycles. The number of rotatable bonds is 2. The molecule has 5 heteroatoms. The third-order valence-electron chi connectivity index (χ3n) is 4.73. The number of nitrogens with two attached hydrogens (primary N) is 1. The molecule has 0 aromatic carbocycles. The fraction of sp³-hybridized carbons (Fsp3) is 0.529. The second kappa shape index (κ2) is 6.38. The van der Waals surface area contributed by atoms with Crippen LogP contribution in [0.5, 0.6) is 0 Å². The average molecular weight is 301 g/mol. The number of nitrogens with zero attached hydrogens (tertiary/aromatic N) is 2. The van der Waals surface area contributed by atoms with Crippen molar-refractivity contribution in [1.29, 1.82) is 0 Å². The van der Waals surface area contributed by atoms with Gasteiger partial charge in [-0.2, -0.15) is 0 Å². The number of pyridine rings is 1. The molecule has 118 valence electrons. The quantitative estimate of drug-likeness (QED) is 0.876. The second-order valence-electron chi connectivity index (χ2n) is 6.19. The van der Waals surface area contributed by atoms with E-state index in [9.17, 15) is 4.79 Å². The third-order valence-corrected chi connectivity index (χ3v) is 4.73. The van der Waals surface area contributed by atoms with Crippen molar-refractivity contribution in [3.63, 3.8) is 0 Å². The topological polar surface area (TPSA) is 79.5 Å². The first-order valence-electron chi connectivity index (χ1n) is 8.09. The van der Waals surface area contributed by atoms with Crippen molar-refractivity contribution >= 4 is 17.4 Å². The first kappa shape index (κ1) is 14.9. The van der Waals surface area contributed by atoms with Crippen molar-refractivity contribution in [3.05, 3.63) is 29.6 Å². The summed E-state index contributed by atoms with van der Waals surface area (Å²) in [4.78, 5) is 17.3. The Balaban J connectivity index is 1.78. The molecule has 1 aliphatic carbocycles. The molecule has 22 heavy (non-hydrogen) atoms. The molecule has 5 nitrogen and oxygen atoms in total. The number of amides is 1. The van der Waals surface area contributed by atoms with E-state index in [4.69, 9.17) is 15.8 Å². The van der Waals surface area contributed by atoms with E-state index >= 15 is 0 Å². The van der Waals surface area contributed by atoms with Gasteiger partial charge < -0.3 is 15.7 Å². The van der Waals surface area contributed by atoms with Gasteiger partial charge in [0.25, 0.3) is 0 Å². The number of allylic oxidation sites excluding steroid dienone is 2. The minimum atomic E-state index is -0.822. The lowest BCUT2D eigenvalue weighted by Gasteiger charge is -2.30. The summed E-state index contributed by atoms with van der Waals surface area (Å²) < 4.78 is 0. The van der Waals surface area contributed by atoms with Crippen LogP contribution in [0.2, 0.25) is 0 Å². The van der Waals surface area contributed by atoms with Crippen molar-refractivity contribution < 1.29 is 9.90 Å². The van der Waals surface area contributed by atoms with Gasteiger partial charge in [-0.15, -0.1) is 0 Å². The van der Waals surface area contributed by atoms with E-state index in [0.717, 1.165) is 42.8 Å². The summed E-state index contributed by atoms with van der Waals surface area (Å²) in [5.74, 6) is 0.333. The van der Waals surface area contributed by atoms with Crippen LogP contribution in [-0.4, -0.2) is 34.2 Å². The van der Waals surface area contributed by atoms with E-state index in [2.05, 4.69) is 6.08 Å². The van der Waals surface area contributed by atoms with Crippen LogP contribution < -0.4 is 5.73 Å². The van der Waals surface area contributed by atoms with Gasteiger partial charge in [-0.3, -0.25) is 4.98 Å². The van der Waals surface area contributed by atoms with Crippen molar-refractivity contribution in [2.24, 2.45) is 0 Å². The summed E-state index contributed by atoms with van der Waals surface area (Å²) in [6.45, 7) is 1.17.